The Kier molecular flexibility index (Phi) is 3.14. The summed E-state index contributed by atoms with van der Waals surface area (Å²) in [5.74, 6) is 0. The SMILES string of the molecule is FCC(F)C(F)c1ccccc1. The summed E-state index contributed by atoms with van der Waals surface area (Å²) in [6, 6.07) is 7.75. The molecule has 2 unspecified atom stereocenters. The summed E-state index contributed by atoms with van der Waals surface area (Å²) in [6.07, 6.45) is -3.90. The van der Waals surface area contributed by atoms with E-state index in [0.717, 1.165) is 0 Å². The first-order chi connectivity index (χ1) is 5.75. The fourth-order valence-electron chi connectivity index (χ4n) is 0.924. The Morgan fingerprint density at radius 1 is 1.08 bits per heavy atom. The fraction of sp³-hybridized carbons (Fsp3) is 0.333. The van der Waals surface area contributed by atoms with E-state index in [1.165, 1.54) is 12.1 Å². The highest BCUT2D eigenvalue weighted by atomic mass is 19.2. The van der Waals surface area contributed by atoms with Crippen molar-refractivity contribution >= 4 is 0 Å². The lowest BCUT2D eigenvalue weighted by Gasteiger charge is -2.09. The predicted molar refractivity (Wildman–Crippen MR) is 41.2 cm³/mol. The van der Waals surface area contributed by atoms with Crippen LogP contribution in [-0.4, -0.2) is 12.8 Å². The lowest BCUT2D eigenvalue weighted by atomic mass is 10.1. The van der Waals surface area contributed by atoms with Gasteiger partial charge in [-0.2, -0.15) is 0 Å². The van der Waals surface area contributed by atoms with Crippen LogP contribution in [0.15, 0.2) is 30.3 Å². The van der Waals surface area contributed by atoms with E-state index in [1.807, 2.05) is 0 Å². The Morgan fingerprint density at radius 3 is 2.17 bits per heavy atom. The molecule has 3 heteroatoms. The lowest BCUT2D eigenvalue weighted by Crippen LogP contribution is -2.11. The van der Waals surface area contributed by atoms with Crippen LogP contribution in [0.1, 0.15) is 11.7 Å². The van der Waals surface area contributed by atoms with Gasteiger partial charge in [-0.15, -0.1) is 0 Å². The normalized spacial score (nSPS) is 15.6. The second-order valence-electron chi connectivity index (χ2n) is 2.48. The van der Waals surface area contributed by atoms with Crippen LogP contribution in [0.2, 0.25) is 0 Å². The van der Waals surface area contributed by atoms with Gasteiger partial charge >= 0.3 is 0 Å². The van der Waals surface area contributed by atoms with Gasteiger partial charge in [0.1, 0.15) is 6.67 Å². The summed E-state index contributed by atoms with van der Waals surface area (Å²) in [4.78, 5) is 0. The van der Waals surface area contributed by atoms with E-state index in [1.54, 1.807) is 18.2 Å². The van der Waals surface area contributed by atoms with Crippen LogP contribution in [0.5, 0.6) is 0 Å². The zero-order chi connectivity index (χ0) is 8.97. The molecule has 1 aromatic rings. The Balaban J connectivity index is 2.71. The average Bonchev–Trinajstić information content (AvgIpc) is 2.17. The van der Waals surface area contributed by atoms with Gasteiger partial charge in [0.25, 0.3) is 0 Å². The smallest absolute Gasteiger partial charge is 0.163 e. The molecule has 0 radical (unpaired) electrons. The Bertz CT molecular complexity index is 222. The number of benzene rings is 1. The van der Waals surface area contributed by atoms with Crippen LogP contribution in [-0.2, 0) is 0 Å². The molecule has 0 fully saturated rings. The van der Waals surface area contributed by atoms with Gasteiger partial charge in [0.05, 0.1) is 0 Å². The highest BCUT2D eigenvalue weighted by molar-refractivity contribution is 5.18. The van der Waals surface area contributed by atoms with Crippen molar-refractivity contribution in [1.82, 2.24) is 0 Å². The highest BCUT2D eigenvalue weighted by Crippen LogP contribution is 2.23. The van der Waals surface area contributed by atoms with Crippen molar-refractivity contribution in [3.63, 3.8) is 0 Å². The van der Waals surface area contributed by atoms with Gasteiger partial charge in [-0.3, -0.25) is 0 Å². The molecule has 0 aliphatic heterocycles. The minimum Gasteiger partial charge on any atom is -0.248 e. The molecule has 0 aliphatic rings. The summed E-state index contributed by atoms with van der Waals surface area (Å²) in [5.41, 5.74) is 0.183. The second-order valence-corrected chi connectivity index (χ2v) is 2.48. The molecule has 0 bridgehead atoms. The third kappa shape index (κ3) is 2.00. The van der Waals surface area contributed by atoms with Gasteiger partial charge < -0.3 is 0 Å². The van der Waals surface area contributed by atoms with Crippen LogP contribution in [0, 0.1) is 0 Å². The summed E-state index contributed by atoms with van der Waals surface area (Å²) < 4.78 is 37.1. The summed E-state index contributed by atoms with van der Waals surface area (Å²) in [5, 5.41) is 0. The molecule has 0 nitrogen and oxygen atoms in total. The second kappa shape index (κ2) is 4.14. The minimum absolute atomic E-state index is 0.183. The molecule has 0 heterocycles. The molecule has 66 valence electrons. The molecule has 0 aliphatic carbocycles. The molecular formula is C9H9F3. The molecule has 2 atom stereocenters. The van der Waals surface area contributed by atoms with Gasteiger partial charge in [0.15, 0.2) is 12.3 Å². The number of hydrogen-bond donors (Lipinski definition) is 0. The molecule has 0 aromatic heterocycles. The van der Waals surface area contributed by atoms with Crippen molar-refractivity contribution in [1.29, 1.82) is 0 Å². The summed E-state index contributed by atoms with van der Waals surface area (Å²) in [6.45, 7) is -1.28. The topological polar surface area (TPSA) is 0 Å². The van der Waals surface area contributed by atoms with Crippen molar-refractivity contribution < 1.29 is 13.2 Å². The Hall–Kier alpha value is -0.990. The third-order valence-electron chi connectivity index (χ3n) is 1.58. The van der Waals surface area contributed by atoms with E-state index in [2.05, 4.69) is 0 Å². The van der Waals surface area contributed by atoms with Gasteiger partial charge in [-0.1, -0.05) is 30.3 Å². The molecule has 1 rings (SSSR count). The van der Waals surface area contributed by atoms with E-state index < -0.39 is 19.0 Å². The number of hydrogen-bond acceptors (Lipinski definition) is 0. The van der Waals surface area contributed by atoms with Crippen LogP contribution >= 0.6 is 0 Å². The van der Waals surface area contributed by atoms with Gasteiger partial charge in [0, 0.05) is 0 Å². The molecular weight excluding hydrogens is 165 g/mol. The predicted octanol–water partition coefficient (Wildman–Crippen LogP) is 3.00. The van der Waals surface area contributed by atoms with Crippen molar-refractivity contribution in [3.8, 4) is 0 Å². The molecule has 0 N–H and O–H groups in total. The standard InChI is InChI=1S/C9H9F3/c10-6-8(11)9(12)7-4-2-1-3-5-7/h1-5,8-9H,6H2. The van der Waals surface area contributed by atoms with Crippen molar-refractivity contribution in [2.24, 2.45) is 0 Å². The van der Waals surface area contributed by atoms with Crippen molar-refractivity contribution in [3.05, 3.63) is 35.9 Å². The maximum absolute atomic E-state index is 12.9. The van der Waals surface area contributed by atoms with Crippen molar-refractivity contribution in [2.75, 3.05) is 6.67 Å². The number of rotatable bonds is 3. The maximum Gasteiger partial charge on any atom is 0.163 e. The lowest BCUT2D eigenvalue weighted by molar-refractivity contribution is 0.138. The van der Waals surface area contributed by atoms with Crippen molar-refractivity contribution in [2.45, 2.75) is 12.3 Å². The van der Waals surface area contributed by atoms with E-state index in [9.17, 15) is 13.2 Å². The summed E-state index contributed by atoms with van der Waals surface area (Å²) in [7, 11) is 0. The average molecular weight is 174 g/mol. The van der Waals surface area contributed by atoms with Crippen LogP contribution in [0.25, 0.3) is 0 Å². The van der Waals surface area contributed by atoms with E-state index in [-0.39, 0.29) is 5.56 Å². The summed E-state index contributed by atoms with van der Waals surface area (Å²) >= 11 is 0. The molecule has 0 spiro atoms. The molecule has 0 saturated heterocycles. The number of halogens is 3. The zero-order valence-electron chi connectivity index (χ0n) is 6.38. The third-order valence-corrected chi connectivity index (χ3v) is 1.58. The van der Waals surface area contributed by atoms with Crippen LogP contribution in [0.3, 0.4) is 0 Å². The largest absolute Gasteiger partial charge is 0.248 e. The van der Waals surface area contributed by atoms with Gasteiger partial charge in [-0.25, -0.2) is 13.2 Å². The van der Waals surface area contributed by atoms with Crippen LogP contribution in [0.4, 0.5) is 13.2 Å². The Labute approximate surface area is 69.0 Å². The molecule has 12 heavy (non-hydrogen) atoms. The van der Waals surface area contributed by atoms with E-state index in [0.29, 0.717) is 0 Å². The van der Waals surface area contributed by atoms with E-state index >= 15 is 0 Å². The zero-order valence-corrected chi connectivity index (χ0v) is 6.38. The quantitative estimate of drug-likeness (QED) is 0.660. The minimum atomic E-state index is -2.05. The first kappa shape index (κ1) is 9.10. The van der Waals surface area contributed by atoms with Crippen LogP contribution < -0.4 is 0 Å². The monoisotopic (exact) mass is 174 g/mol. The Morgan fingerprint density at radius 2 is 1.67 bits per heavy atom. The molecule has 1 aromatic carbocycles. The van der Waals surface area contributed by atoms with Gasteiger partial charge in [-0.05, 0) is 5.56 Å². The fourth-order valence-corrected chi connectivity index (χ4v) is 0.924. The number of alkyl halides is 3. The first-order valence-electron chi connectivity index (χ1n) is 3.64. The maximum atomic E-state index is 12.9. The molecule has 0 saturated carbocycles. The highest BCUT2D eigenvalue weighted by Gasteiger charge is 2.21. The first-order valence-corrected chi connectivity index (χ1v) is 3.64. The van der Waals surface area contributed by atoms with Gasteiger partial charge in [0.2, 0.25) is 0 Å². The molecule has 0 amide bonds. The van der Waals surface area contributed by atoms with E-state index in [4.69, 9.17) is 0 Å².